The molecule has 6 heteroatoms. The van der Waals surface area contributed by atoms with Crippen LogP contribution in [0.2, 0.25) is 0 Å². The van der Waals surface area contributed by atoms with E-state index >= 15 is 0 Å². The Morgan fingerprint density at radius 2 is 1.94 bits per heavy atom. The van der Waals surface area contributed by atoms with Crippen molar-refractivity contribution < 1.29 is 9.59 Å². The lowest BCUT2D eigenvalue weighted by molar-refractivity contribution is -0.119. The highest BCUT2D eigenvalue weighted by atomic mass is 16.2. The second-order valence-corrected chi connectivity index (χ2v) is 4.21. The minimum absolute atomic E-state index is 0.0135. The molecule has 16 heavy (non-hydrogen) atoms. The number of carbonyl (C=O) groups is 2. The molecule has 0 aromatic rings. The van der Waals surface area contributed by atoms with E-state index < -0.39 is 5.91 Å². The fraction of sp³-hybridized carbons (Fsp3) is 0.800. The van der Waals surface area contributed by atoms with E-state index in [-0.39, 0.29) is 18.6 Å². The summed E-state index contributed by atoms with van der Waals surface area (Å²) in [4.78, 5) is 26.2. The van der Waals surface area contributed by atoms with Crippen molar-refractivity contribution >= 4 is 11.9 Å². The highest BCUT2D eigenvalue weighted by molar-refractivity contribution is 5.83. The standard InChI is InChI=1S/C10H20N4O2/c1-8(2)14(7-9(11)15)10(16)13-5-3-12-4-6-13/h8,12H,3-7H2,1-2H3,(H2,11,15). The fourth-order valence-corrected chi connectivity index (χ4v) is 1.68. The molecule has 3 N–H and O–H groups in total. The Balaban J connectivity index is 2.61. The van der Waals surface area contributed by atoms with Crippen molar-refractivity contribution in [1.82, 2.24) is 15.1 Å². The molecule has 0 aliphatic carbocycles. The van der Waals surface area contributed by atoms with Gasteiger partial charge in [-0.2, -0.15) is 0 Å². The Labute approximate surface area is 95.8 Å². The first-order valence-electron chi connectivity index (χ1n) is 5.57. The van der Waals surface area contributed by atoms with Gasteiger partial charge in [0.15, 0.2) is 0 Å². The van der Waals surface area contributed by atoms with Gasteiger partial charge < -0.3 is 20.9 Å². The van der Waals surface area contributed by atoms with Crippen LogP contribution in [0.15, 0.2) is 0 Å². The molecule has 92 valence electrons. The zero-order valence-corrected chi connectivity index (χ0v) is 9.90. The van der Waals surface area contributed by atoms with Crippen LogP contribution in [0.4, 0.5) is 4.79 Å². The Bertz CT molecular complexity index is 262. The summed E-state index contributed by atoms with van der Waals surface area (Å²) in [7, 11) is 0. The number of hydrogen-bond acceptors (Lipinski definition) is 3. The predicted octanol–water partition coefficient (Wildman–Crippen LogP) is -0.793. The number of hydrogen-bond donors (Lipinski definition) is 2. The van der Waals surface area contributed by atoms with Crippen molar-refractivity contribution in [1.29, 1.82) is 0 Å². The van der Waals surface area contributed by atoms with Crippen molar-refractivity contribution in [3.8, 4) is 0 Å². The zero-order valence-electron chi connectivity index (χ0n) is 9.90. The normalized spacial score (nSPS) is 16.3. The van der Waals surface area contributed by atoms with E-state index in [1.165, 1.54) is 4.90 Å². The summed E-state index contributed by atoms with van der Waals surface area (Å²) in [6, 6.07) is -0.120. The summed E-state index contributed by atoms with van der Waals surface area (Å²) in [6.07, 6.45) is 0. The SMILES string of the molecule is CC(C)N(CC(N)=O)C(=O)N1CCNCC1. The lowest BCUT2D eigenvalue weighted by atomic mass is 10.3. The van der Waals surface area contributed by atoms with Crippen molar-refractivity contribution in [3.63, 3.8) is 0 Å². The molecule has 1 saturated heterocycles. The summed E-state index contributed by atoms with van der Waals surface area (Å²) in [6.45, 7) is 6.70. The molecule has 0 bridgehead atoms. The number of rotatable bonds is 3. The fourth-order valence-electron chi connectivity index (χ4n) is 1.68. The maximum Gasteiger partial charge on any atom is 0.320 e. The van der Waals surface area contributed by atoms with Crippen LogP contribution in [0.1, 0.15) is 13.8 Å². The summed E-state index contributed by atoms with van der Waals surface area (Å²) in [5.74, 6) is -0.475. The van der Waals surface area contributed by atoms with E-state index in [2.05, 4.69) is 5.32 Å². The van der Waals surface area contributed by atoms with Gasteiger partial charge >= 0.3 is 6.03 Å². The van der Waals surface area contributed by atoms with Crippen LogP contribution in [-0.4, -0.2) is 60.5 Å². The minimum Gasteiger partial charge on any atom is -0.368 e. The van der Waals surface area contributed by atoms with Gasteiger partial charge in [-0.25, -0.2) is 4.79 Å². The third-order valence-electron chi connectivity index (χ3n) is 2.58. The van der Waals surface area contributed by atoms with Crippen LogP contribution in [0.5, 0.6) is 0 Å². The van der Waals surface area contributed by atoms with Crippen LogP contribution in [-0.2, 0) is 4.79 Å². The Kier molecular flexibility index (Phi) is 4.54. The first-order valence-corrected chi connectivity index (χ1v) is 5.57. The van der Waals surface area contributed by atoms with Crippen LogP contribution in [0.25, 0.3) is 0 Å². The highest BCUT2D eigenvalue weighted by Gasteiger charge is 2.25. The number of nitrogens with two attached hydrogens (primary N) is 1. The third-order valence-corrected chi connectivity index (χ3v) is 2.58. The molecule has 0 aromatic carbocycles. The summed E-state index contributed by atoms with van der Waals surface area (Å²) in [5, 5.41) is 3.17. The molecule has 0 spiro atoms. The van der Waals surface area contributed by atoms with E-state index in [1.807, 2.05) is 13.8 Å². The number of urea groups is 1. The average molecular weight is 228 g/mol. The molecule has 1 aliphatic rings. The smallest absolute Gasteiger partial charge is 0.320 e. The van der Waals surface area contributed by atoms with Gasteiger partial charge in [0.25, 0.3) is 0 Å². The molecule has 6 nitrogen and oxygen atoms in total. The second-order valence-electron chi connectivity index (χ2n) is 4.21. The van der Waals surface area contributed by atoms with Gasteiger partial charge in [-0.1, -0.05) is 0 Å². The molecule has 0 saturated carbocycles. The molecule has 0 radical (unpaired) electrons. The van der Waals surface area contributed by atoms with Gasteiger partial charge in [0, 0.05) is 32.2 Å². The van der Waals surface area contributed by atoms with E-state index in [4.69, 9.17) is 5.73 Å². The Hall–Kier alpha value is -1.30. The predicted molar refractivity (Wildman–Crippen MR) is 60.9 cm³/mol. The van der Waals surface area contributed by atoms with Gasteiger partial charge in [0.2, 0.25) is 5.91 Å². The number of nitrogens with one attached hydrogen (secondary N) is 1. The number of nitrogens with zero attached hydrogens (tertiary/aromatic N) is 2. The van der Waals surface area contributed by atoms with Gasteiger partial charge in [0.05, 0.1) is 0 Å². The number of carbonyl (C=O) groups excluding carboxylic acids is 2. The number of primary amides is 1. The quantitative estimate of drug-likeness (QED) is 0.664. The molecule has 0 aromatic heterocycles. The van der Waals surface area contributed by atoms with Crippen molar-refractivity contribution in [3.05, 3.63) is 0 Å². The molecule has 0 atom stereocenters. The van der Waals surface area contributed by atoms with Crippen LogP contribution < -0.4 is 11.1 Å². The average Bonchev–Trinajstić information content (AvgIpc) is 2.25. The van der Waals surface area contributed by atoms with E-state index in [0.717, 1.165) is 13.1 Å². The maximum atomic E-state index is 12.1. The van der Waals surface area contributed by atoms with Crippen molar-refractivity contribution in [2.45, 2.75) is 19.9 Å². The molecule has 1 rings (SSSR count). The van der Waals surface area contributed by atoms with Crippen LogP contribution in [0.3, 0.4) is 0 Å². The van der Waals surface area contributed by atoms with Gasteiger partial charge in [-0.05, 0) is 13.8 Å². The van der Waals surface area contributed by atoms with Crippen LogP contribution >= 0.6 is 0 Å². The molecule has 0 unspecified atom stereocenters. The minimum atomic E-state index is -0.475. The Morgan fingerprint density at radius 3 is 2.38 bits per heavy atom. The number of piperazine rings is 1. The summed E-state index contributed by atoms with van der Waals surface area (Å²) >= 11 is 0. The zero-order chi connectivity index (χ0) is 12.1. The Morgan fingerprint density at radius 1 is 1.38 bits per heavy atom. The van der Waals surface area contributed by atoms with Crippen molar-refractivity contribution in [2.75, 3.05) is 32.7 Å². The third kappa shape index (κ3) is 3.37. The molecular weight excluding hydrogens is 208 g/mol. The maximum absolute atomic E-state index is 12.1. The van der Waals surface area contributed by atoms with E-state index in [1.54, 1.807) is 4.90 Å². The highest BCUT2D eigenvalue weighted by Crippen LogP contribution is 2.05. The molecule has 1 heterocycles. The molecule has 3 amide bonds. The molecule has 1 aliphatic heterocycles. The topological polar surface area (TPSA) is 78.7 Å². The summed E-state index contributed by atoms with van der Waals surface area (Å²) in [5.41, 5.74) is 5.13. The van der Waals surface area contributed by atoms with Gasteiger partial charge in [-0.3, -0.25) is 4.79 Å². The molecular formula is C10H20N4O2. The first-order chi connectivity index (χ1) is 7.52. The van der Waals surface area contributed by atoms with E-state index in [9.17, 15) is 9.59 Å². The lowest BCUT2D eigenvalue weighted by Crippen LogP contribution is -2.54. The summed E-state index contributed by atoms with van der Waals surface area (Å²) < 4.78 is 0. The van der Waals surface area contributed by atoms with E-state index in [0.29, 0.717) is 13.1 Å². The van der Waals surface area contributed by atoms with Gasteiger partial charge in [-0.15, -0.1) is 0 Å². The monoisotopic (exact) mass is 228 g/mol. The first kappa shape index (κ1) is 12.8. The van der Waals surface area contributed by atoms with Crippen molar-refractivity contribution in [2.24, 2.45) is 5.73 Å². The second kappa shape index (κ2) is 5.69. The number of amides is 3. The largest absolute Gasteiger partial charge is 0.368 e. The van der Waals surface area contributed by atoms with Crippen LogP contribution in [0, 0.1) is 0 Å². The lowest BCUT2D eigenvalue weighted by Gasteiger charge is -2.34. The molecule has 1 fully saturated rings. The van der Waals surface area contributed by atoms with Gasteiger partial charge in [0.1, 0.15) is 6.54 Å².